The van der Waals surface area contributed by atoms with Gasteiger partial charge in [-0.1, -0.05) is 0 Å². The Morgan fingerprint density at radius 2 is 1.05 bits per heavy atom. The maximum absolute atomic E-state index is 13.8. The third kappa shape index (κ3) is 4.32. The van der Waals surface area contributed by atoms with E-state index in [2.05, 4.69) is 27.7 Å². The van der Waals surface area contributed by atoms with Crippen molar-refractivity contribution in [3.63, 3.8) is 0 Å². The summed E-state index contributed by atoms with van der Waals surface area (Å²) >= 11 is -4.32. The SMILES string of the molecule is CC1=C(C)C(C)(C)[C]([Ti]([CH3])([O]C(=O)c2cccc3ccccc23)[O]C(=O)c2cccc3ccccc23)=C1C. The van der Waals surface area contributed by atoms with Crippen LogP contribution in [0, 0.1) is 5.41 Å². The molecule has 0 bridgehead atoms. The molecule has 1 aliphatic rings. The Labute approximate surface area is 228 Å². The first-order valence-corrected chi connectivity index (χ1v) is 16.5. The quantitative estimate of drug-likeness (QED) is 0.238. The number of benzene rings is 4. The maximum atomic E-state index is 13.8. The van der Waals surface area contributed by atoms with E-state index in [1.165, 1.54) is 5.57 Å². The fourth-order valence-corrected chi connectivity index (χ4v) is 11.1. The minimum absolute atomic E-state index is 0.402. The van der Waals surface area contributed by atoms with Gasteiger partial charge in [-0.2, -0.15) is 0 Å². The van der Waals surface area contributed by atoms with Crippen LogP contribution >= 0.6 is 0 Å². The molecule has 0 saturated carbocycles. The molecule has 5 rings (SSSR count). The second kappa shape index (κ2) is 9.69. The standard InChI is InChI=1S/2C11H8O2.C10H15.CH3.Ti/c2*12-11(13)10-7-3-5-8-4-1-2-6-9(8)10;1-7-6-10(4,5)9(3)8(7)2;;/h2*1-7H,(H,12,13);1-5H3;1H3;/q;;;;+2/p-2. The molecule has 1 aliphatic carbocycles. The predicted octanol–water partition coefficient (Wildman–Crippen LogP) is 8.69. The van der Waals surface area contributed by atoms with Gasteiger partial charge >= 0.3 is 229 Å². The molecular formula is C33H32O4Ti. The van der Waals surface area contributed by atoms with Crippen molar-refractivity contribution in [2.75, 3.05) is 0 Å². The van der Waals surface area contributed by atoms with E-state index in [4.69, 9.17) is 6.64 Å². The van der Waals surface area contributed by atoms with E-state index in [0.29, 0.717) is 11.1 Å². The van der Waals surface area contributed by atoms with Crippen LogP contribution in [0.2, 0.25) is 5.23 Å². The van der Waals surface area contributed by atoms with Gasteiger partial charge in [0.25, 0.3) is 0 Å². The Morgan fingerprint density at radius 1 is 0.632 bits per heavy atom. The summed E-state index contributed by atoms with van der Waals surface area (Å²) in [6.07, 6.45) is 0. The zero-order chi connectivity index (χ0) is 27.2. The molecule has 4 aromatic carbocycles. The Kier molecular flexibility index (Phi) is 6.67. The molecule has 0 radical (unpaired) electrons. The Hall–Kier alpha value is -3.47. The van der Waals surface area contributed by atoms with Gasteiger partial charge in [-0.15, -0.1) is 0 Å². The van der Waals surface area contributed by atoms with E-state index in [1.54, 1.807) is 12.1 Å². The summed E-state index contributed by atoms with van der Waals surface area (Å²) in [6, 6.07) is 26.7. The van der Waals surface area contributed by atoms with Gasteiger partial charge < -0.3 is 0 Å². The van der Waals surface area contributed by atoms with Crippen molar-refractivity contribution in [3.05, 3.63) is 117 Å². The number of hydrogen-bond acceptors (Lipinski definition) is 4. The first-order valence-electron chi connectivity index (χ1n) is 12.9. The number of hydrogen-bond donors (Lipinski definition) is 0. The molecule has 0 saturated heterocycles. The van der Waals surface area contributed by atoms with Gasteiger partial charge in [0.2, 0.25) is 0 Å². The Morgan fingerprint density at radius 3 is 1.47 bits per heavy atom. The predicted molar refractivity (Wildman–Crippen MR) is 149 cm³/mol. The molecule has 0 amide bonds. The second-order valence-corrected chi connectivity index (χ2v) is 15.0. The summed E-state index contributed by atoms with van der Waals surface area (Å²) in [5, 5.41) is 5.40. The van der Waals surface area contributed by atoms with Gasteiger partial charge in [-0.05, 0) is 0 Å². The van der Waals surface area contributed by atoms with Crippen LogP contribution in [0.1, 0.15) is 55.3 Å². The van der Waals surface area contributed by atoms with E-state index in [0.717, 1.165) is 36.6 Å². The van der Waals surface area contributed by atoms with Crippen molar-refractivity contribution in [3.8, 4) is 0 Å². The summed E-state index contributed by atoms with van der Waals surface area (Å²) in [4.78, 5) is 27.7. The Balaban J connectivity index is 1.61. The summed E-state index contributed by atoms with van der Waals surface area (Å²) in [5.41, 5.74) is 3.94. The third-order valence-electron chi connectivity index (χ3n) is 8.11. The fourth-order valence-electron chi connectivity index (χ4n) is 5.90. The van der Waals surface area contributed by atoms with E-state index < -0.39 is 34.7 Å². The van der Waals surface area contributed by atoms with Crippen molar-refractivity contribution in [1.29, 1.82) is 0 Å². The van der Waals surface area contributed by atoms with Gasteiger partial charge in [0.15, 0.2) is 0 Å². The average Bonchev–Trinajstić information content (AvgIpc) is 3.06. The number of carbonyl (C=O) groups excluding carboxylic acids is 2. The number of carbonyl (C=O) groups is 2. The molecule has 0 heterocycles. The van der Waals surface area contributed by atoms with Gasteiger partial charge in [-0.25, -0.2) is 0 Å². The van der Waals surface area contributed by atoms with Crippen molar-refractivity contribution >= 4 is 33.5 Å². The molecule has 0 spiro atoms. The van der Waals surface area contributed by atoms with Crippen LogP contribution in [0.5, 0.6) is 0 Å². The molecule has 0 N–H and O–H groups in total. The molecule has 5 heteroatoms. The molecular weight excluding hydrogens is 508 g/mol. The van der Waals surface area contributed by atoms with Crippen LogP contribution in [0.4, 0.5) is 0 Å². The average molecular weight is 540 g/mol. The summed E-state index contributed by atoms with van der Waals surface area (Å²) in [5.74, 6) is -0.929. The zero-order valence-electron chi connectivity index (χ0n) is 22.7. The van der Waals surface area contributed by atoms with E-state index in [1.807, 2.05) is 84.9 Å². The molecule has 38 heavy (non-hydrogen) atoms. The van der Waals surface area contributed by atoms with Crippen molar-refractivity contribution in [2.45, 2.75) is 39.8 Å². The number of fused-ring (bicyclic) bond motifs is 2. The molecule has 4 aromatic rings. The van der Waals surface area contributed by atoms with Crippen molar-refractivity contribution in [2.24, 2.45) is 5.41 Å². The minimum atomic E-state index is -4.32. The van der Waals surface area contributed by atoms with Crippen LogP contribution in [0.3, 0.4) is 0 Å². The summed E-state index contributed by atoms with van der Waals surface area (Å²) < 4.78 is 13.8. The number of rotatable bonds is 5. The second-order valence-electron chi connectivity index (χ2n) is 10.7. The van der Waals surface area contributed by atoms with E-state index >= 15 is 0 Å². The van der Waals surface area contributed by atoms with Crippen LogP contribution in [-0.2, 0) is 24.0 Å². The molecule has 4 nitrogen and oxygen atoms in total. The van der Waals surface area contributed by atoms with Crippen molar-refractivity contribution in [1.82, 2.24) is 0 Å². The number of allylic oxidation sites excluding steroid dienone is 4. The monoisotopic (exact) mass is 540 g/mol. The molecule has 0 fully saturated rings. The summed E-state index contributed by atoms with van der Waals surface area (Å²) in [6.45, 7) is 10.5. The fraction of sp³-hybridized carbons (Fsp3) is 0.212. The normalized spacial score (nSPS) is 15.3. The third-order valence-corrected chi connectivity index (χ3v) is 12.9. The van der Waals surface area contributed by atoms with Crippen LogP contribution in [-0.4, -0.2) is 11.9 Å². The van der Waals surface area contributed by atoms with Gasteiger partial charge in [0, 0.05) is 0 Å². The molecule has 0 unspecified atom stereocenters. The van der Waals surface area contributed by atoms with Gasteiger partial charge in [0.1, 0.15) is 0 Å². The summed E-state index contributed by atoms with van der Waals surface area (Å²) in [7, 11) is 0. The van der Waals surface area contributed by atoms with Gasteiger partial charge in [0.05, 0.1) is 0 Å². The van der Waals surface area contributed by atoms with Crippen LogP contribution in [0.15, 0.2) is 106 Å². The van der Waals surface area contributed by atoms with Crippen LogP contribution in [0.25, 0.3) is 21.5 Å². The van der Waals surface area contributed by atoms with E-state index in [9.17, 15) is 9.59 Å². The Bertz CT molecular complexity index is 1570. The molecule has 0 aliphatic heterocycles. The van der Waals surface area contributed by atoms with Crippen molar-refractivity contribution < 1.29 is 33.6 Å². The first kappa shape index (κ1) is 26.2. The first-order chi connectivity index (χ1) is 18.0. The molecule has 0 atom stereocenters. The van der Waals surface area contributed by atoms with E-state index in [-0.39, 0.29) is 0 Å². The van der Waals surface area contributed by atoms with Crippen LogP contribution < -0.4 is 0 Å². The molecule has 192 valence electrons. The molecule has 0 aromatic heterocycles. The topological polar surface area (TPSA) is 52.6 Å². The zero-order valence-corrected chi connectivity index (χ0v) is 24.3. The van der Waals surface area contributed by atoms with Gasteiger partial charge in [-0.3, -0.25) is 0 Å².